The van der Waals surface area contributed by atoms with Crippen LogP contribution in [0, 0.1) is 18.7 Å². The Morgan fingerprint density at radius 2 is 1.90 bits per heavy atom. The van der Waals surface area contributed by atoms with Crippen LogP contribution in [0.4, 0.5) is 4.39 Å². The number of hydrogen-bond donors (Lipinski definition) is 1. The van der Waals surface area contributed by atoms with Crippen molar-refractivity contribution >= 4 is 5.91 Å². The van der Waals surface area contributed by atoms with Crippen molar-refractivity contribution in [2.24, 2.45) is 5.92 Å². The van der Waals surface area contributed by atoms with Crippen LogP contribution in [0.15, 0.2) is 48.5 Å². The molecule has 3 aromatic rings. The summed E-state index contributed by atoms with van der Waals surface area (Å²) in [5.74, 6) is 1.30. The number of nitrogens with one attached hydrogen (secondary N) is 1. The number of ether oxygens (including phenoxy) is 1. The van der Waals surface area contributed by atoms with Gasteiger partial charge < -0.3 is 10.1 Å². The molecule has 164 valence electrons. The molecule has 1 aromatic heterocycles. The number of benzene rings is 2. The van der Waals surface area contributed by atoms with E-state index in [0.29, 0.717) is 31.3 Å². The lowest BCUT2D eigenvalue weighted by atomic mass is 10.0. The van der Waals surface area contributed by atoms with E-state index in [-0.39, 0.29) is 11.7 Å². The van der Waals surface area contributed by atoms with E-state index in [2.05, 4.69) is 34.7 Å². The quantitative estimate of drug-likeness (QED) is 0.536. The number of aromatic nitrogens is 4. The molecule has 0 aliphatic rings. The third kappa shape index (κ3) is 6.34. The Balaban J connectivity index is 1.71. The highest BCUT2D eigenvalue weighted by Gasteiger charge is 2.24. The van der Waals surface area contributed by atoms with Gasteiger partial charge in [-0.15, -0.1) is 5.10 Å². The summed E-state index contributed by atoms with van der Waals surface area (Å²) in [4.78, 5) is 13.1. The van der Waals surface area contributed by atoms with Gasteiger partial charge in [0.25, 0.3) is 0 Å². The molecule has 7 nitrogen and oxygen atoms in total. The van der Waals surface area contributed by atoms with Gasteiger partial charge in [-0.3, -0.25) is 4.79 Å². The molecule has 0 fully saturated rings. The molecule has 1 N–H and O–H groups in total. The number of hydrogen-bond acceptors (Lipinski definition) is 5. The SMILES string of the molecule is Cc1nnnn1C(Cc1ccc(F)cc1)C(=O)NCc1ccccc1OCCC(C)C. The zero-order chi connectivity index (χ0) is 22.2. The van der Waals surface area contributed by atoms with Gasteiger partial charge in [0.1, 0.15) is 23.4 Å². The molecule has 0 aliphatic heterocycles. The van der Waals surface area contributed by atoms with E-state index in [0.717, 1.165) is 23.3 Å². The fraction of sp³-hybridized carbons (Fsp3) is 0.391. The van der Waals surface area contributed by atoms with Crippen LogP contribution in [0.25, 0.3) is 0 Å². The van der Waals surface area contributed by atoms with E-state index in [1.165, 1.54) is 16.8 Å². The van der Waals surface area contributed by atoms with Crippen molar-refractivity contribution in [2.45, 2.75) is 46.2 Å². The first-order valence-corrected chi connectivity index (χ1v) is 10.4. The largest absolute Gasteiger partial charge is 0.493 e. The molecule has 0 bridgehead atoms. The number of amides is 1. The molecular formula is C23H28FN5O2. The zero-order valence-corrected chi connectivity index (χ0v) is 18.1. The number of tetrazole rings is 1. The number of nitrogens with zero attached hydrogens (tertiary/aromatic N) is 4. The summed E-state index contributed by atoms with van der Waals surface area (Å²) >= 11 is 0. The average molecular weight is 426 g/mol. The van der Waals surface area contributed by atoms with Gasteiger partial charge in [-0.2, -0.15) is 0 Å². The van der Waals surface area contributed by atoms with E-state index in [4.69, 9.17) is 4.74 Å². The minimum absolute atomic E-state index is 0.225. The van der Waals surface area contributed by atoms with Crippen molar-refractivity contribution in [1.82, 2.24) is 25.5 Å². The first-order valence-electron chi connectivity index (χ1n) is 10.4. The second kappa shape index (κ2) is 10.7. The normalized spacial score (nSPS) is 12.0. The van der Waals surface area contributed by atoms with Crippen LogP contribution in [0.1, 0.15) is 43.3 Å². The summed E-state index contributed by atoms with van der Waals surface area (Å²) in [5, 5.41) is 14.5. The molecule has 3 rings (SSSR count). The summed E-state index contributed by atoms with van der Waals surface area (Å²) in [6, 6.07) is 13.1. The second-order valence-electron chi connectivity index (χ2n) is 7.87. The van der Waals surface area contributed by atoms with Crippen molar-refractivity contribution < 1.29 is 13.9 Å². The van der Waals surface area contributed by atoms with E-state index in [1.807, 2.05) is 24.3 Å². The van der Waals surface area contributed by atoms with Gasteiger partial charge in [0.05, 0.1) is 6.61 Å². The van der Waals surface area contributed by atoms with Crippen LogP contribution in [0.3, 0.4) is 0 Å². The third-order valence-corrected chi connectivity index (χ3v) is 4.98. The maximum absolute atomic E-state index is 13.3. The maximum Gasteiger partial charge on any atom is 0.245 e. The summed E-state index contributed by atoms with van der Waals surface area (Å²) in [6.45, 7) is 6.98. The monoisotopic (exact) mass is 425 g/mol. The number of carbonyl (C=O) groups excluding carboxylic acids is 1. The van der Waals surface area contributed by atoms with Crippen LogP contribution < -0.4 is 10.1 Å². The predicted octanol–water partition coefficient (Wildman–Crippen LogP) is 3.65. The van der Waals surface area contributed by atoms with E-state index >= 15 is 0 Å². The molecule has 0 aliphatic carbocycles. The summed E-state index contributed by atoms with van der Waals surface area (Å²) < 4.78 is 20.7. The van der Waals surface area contributed by atoms with Gasteiger partial charge >= 0.3 is 0 Å². The Morgan fingerprint density at radius 1 is 1.16 bits per heavy atom. The minimum Gasteiger partial charge on any atom is -0.493 e. The van der Waals surface area contributed by atoms with Crippen LogP contribution >= 0.6 is 0 Å². The first-order chi connectivity index (χ1) is 14.9. The Kier molecular flexibility index (Phi) is 7.70. The smallest absolute Gasteiger partial charge is 0.245 e. The fourth-order valence-electron chi connectivity index (χ4n) is 3.16. The standard InChI is InChI=1S/C23H28FN5O2/c1-16(2)12-13-31-22-7-5-4-6-19(22)15-25-23(30)21(29-17(3)26-27-28-29)14-18-8-10-20(24)11-9-18/h4-11,16,21H,12-15H2,1-3H3,(H,25,30). The highest BCUT2D eigenvalue weighted by molar-refractivity contribution is 5.80. The van der Waals surface area contributed by atoms with E-state index < -0.39 is 6.04 Å². The molecule has 0 radical (unpaired) electrons. The molecule has 1 unspecified atom stereocenters. The molecule has 8 heteroatoms. The zero-order valence-electron chi connectivity index (χ0n) is 18.1. The van der Waals surface area contributed by atoms with E-state index in [9.17, 15) is 9.18 Å². The van der Waals surface area contributed by atoms with Crippen LogP contribution in [-0.4, -0.2) is 32.7 Å². The Bertz CT molecular complexity index is 988. The molecule has 0 saturated heterocycles. The summed E-state index contributed by atoms with van der Waals surface area (Å²) in [5.41, 5.74) is 1.71. The lowest BCUT2D eigenvalue weighted by Gasteiger charge is -2.18. The van der Waals surface area contributed by atoms with Gasteiger partial charge in [0.2, 0.25) is 5.91 Å². The summed E-state index contributed by atoms with van der Waals surface area (Å²) in [6.07, 6.45) is 1.30. The Hall–Kier alpha value is -3.29. The second-order valence-corrected chi connectivity index (χ2v) is 7.87. The number of para-hydroxylation sites is 1. The van der Waals surface area contributed by atoms with Crippen molar-refractivity contribution in [3.05, 3.63) is 71.3 Å². The number of aryl methyl sites for hydroxylation is 1. The van der Waals surface area contributed by atoms with Gasteiger partial charge in [-0.1, -0.05) is 44.2 Å². The van der Waals surface area contributed by atoms with E-state index in [1.54, 1.807) is 19.1 Å². The highest BCUT2D eigenvalue weighted by Crippen LogP contribution is 2.20. The lowest BCUT2D eigenvalue weighted by Crippen LogP contribution is -2.34. The van der Waals surface area contributed by atoms with Gasteiger partial charge in [0, 0.05) is 18.5 Å². The van der Waals surface area contributed by atoms with Gasteiger partial charge in [0.15, 0.2) is 0 Å². The van der Waals surface area contributed by atoms with Crippen molar-refractivity contribution in [2.75, 3.05) is 6.61 Å². The molecule has 0 spiro atoms. The van der Waals surface area contributed by atoms with Crippen molar-refractivity contribution in [1.29, 1.82) is 0 Å². The molecule has 2 aromatic carbocycles. The van der Waals surface area contributed by atoms with Crippen LogP contribution in [-0.2, 0) is 17.8 Å². The topological polar surface area (TPSA) is 81.9 Å². The molecule has 1 atom stereocenters. The lowest BCUT2D eigenvalue weighted by molar-refractivity contribution is -0.124. The van der Waals surface area contributed by atoms with Gasteiger partial charge in [-0.05, 0) is 53.5 Å². The summed E-state index contributed by atoms with van der Waals surface area (Å²) in [7, 11) is 0. The number of rotatable bonds is 10. The fourth-order valence-corrected chi connectivity index (χ4v) is 3.16. The maximum atomic E-state index is 13.3. The third-order valence-electron chi connectivity index (χ3n) is 4.98. The average Bonchev–Trinajstić information content (AvgIpc) is 3.17. The number of carbonyl (C=O) groups is 1. The van der Waals surface area contributed by atoms with Crippen molar-refractivity contribution in [3.8, 4) is 5.75 Å². The van der Waals surface area contributed by atoms with Crippen LogP contribution in [0.5, 0.6) is 5.75 Å². The molecular weight excluding hydrogens is 397 g/mol. The van der Waals surface area contributed by atoms with Crippen LogP contribution in [0.2, 0.25) is 0 Å². The minimum atomic E-state index is -0.658. The van der Waals surface area contributed by atoms with Crippen molar-refractivity contribution in [3.63, 3.8) is 0 Å². The van der Waals surface area contributed by atoms with Gasteiger partial charge in [-0.25, -0.2) is 9.07 Å². The first kappa shape index (κ1) is 22.4. The molecule has 0 saturated carbocycles. The Labute approximate surface area is 181 Å². The highest BCUT2D eigenvalue weighted by atomic mass is 19.1. The molecule has 1 heterocycles. The number of halogens is 1. The predicted molar refractivity (Wildman–Crippen MR) is 115 cm³/mol. The molecule has 1 amide bonds. The molecule has 31 heavy (non-hydrogen) atoms. The Morgan fingerprint density at radius 3 is 2.58 bits per heavy atom.